The van der Waals surface area contributed by atoms with Crippen molar-refractivity contribution in [2.24, 2.45) is 5.90 Å². The van der Waals surface area contributed by atoms with Crippen LogP contribution in [0.15, 0.2) is 42.7 Å². The highest BCUT2D eigenvalue weighted by Gasteiger charge is 2.08. The summed E-state index contributed by atoms with van der Waals surface area (Å²) in [4.78, 5) is 8.82. The van der Waals surface area contributed by atoms with Gasteiger partial charge in [0, 0.05) is 42.2 Å². The Labute approximate surface area is 126 Å². The maximum absolute atomic E-state index is 6.50. The van der Waals surface area contributed by atoms with E-state index in [0.29, 0.717) is 0 Å². The highest BCUT2D eigenvalue weighted by atomic mass is 16.4. The first-order valence-electron chi connectivity index (χ1n) is 6.92. The summed E-state index contributed by atoms with van der Waals surface area (Å²) in [6.45, 7) is 7.46. The quantitative estimate of drug-likeness (QED) is 0.752. The lowest BCUT2D eigenvalue weighted by Crippen LogP contribution is -2.37. The Morgan fingerprint density at radius 3 is 2.52 bits per heavy atom. The predicted molar refractivity (Wildman–Crippen MR) is 84.9 cm³/mol. The summed E-state index contributed by atoms with van der Waals surface area (Å²) in [5, 5.41) is 9.98. The summed E-state index contributed by atoms with van der Waals surface area (Å²) < 4.78 is 0. The Morgan fingerprint density at radius 1 is 1.14 bits per heavy atom. The molecule has 0 fully saturated rings. The number of nitrogens with two attached hydrogens (primary N) is 1. The van der Waals surface area contributed by atoms with E-state index in [1.54, 1.807) is 6.20 Å². The van der Waals surface area contributed by atoms with Crippen LogP contribution in [0.1, 0.15) is 26.5 Å². The molecule has 0 aliphatic rings. The summed E-state index contributed by atoms with van der Waals surface area (Å²) in [6.07, 6.45) is 4.56. The third-order valence-electron chi connectivity index (χ3n) is 2.80. The van der Waals surface area contributed by atoms with Crippen LogP contribution in [0, 0.1) is 0 Å². The van der Waals surface area contributed by atoms with Crippen molar-refractivity contribution in [1.82, 2.24) is 15.3 Å². The van der Waals surface area contributed by atoms with Crippen LogP contribution in [-0.4, -0.2) is 27.3 Å². The number of nitrogens with one attached hydrogen (secondary N) is 1. The molecule has 0 aliphatic heterocycles. The predicted octanol–water partition coefficient (Wildman–Crippen LogP) is 2.41. The Bertz CT molecular complexity index is 523. The van der Waals surface area contributed by atoms with E-state index in [0.717, 1.165) is 29.9 Å². The number of hydrogen-bond donors (Lipinski definition) is 3. The molecule has 2 aromatic rings. The molecule has 0 spiro atoms. The molecule has 21 heavy (non-hydrogen) atoms. The summed E-state index contributed by atoms with van der Waals surface area (Å²) >= 11 is 0. The van der Waals surface area contributed by atoms with Gasteiger partial charge in [0.05, 0.1) is 5.69 Å². The van der Waals surface area contributed by atoms with Crippen LogP contribution in [0.2, 0.25) is 0 Å². The molecule has 5 heteroatoms. The first kappa shape index (κ1) is 17.2. The maximum Gasteiger partial charge on any atom is 0.0720 e. The minimum atomic E-state index is 0.154. The molecule has 0 bridgehead atoms. The van der Waals surface area contributed by atoms with Crippen LogP contribution in [-0.2, 0) is 6.42 Å². The molecule has 2 rings (SSSR count). The van der Waals surface area contributed by atoms with Crippen LogP contribution < -0.4 is 11.2 Å². The maximum atomic E-state index is 6.50. The van der Waals surface area contributed by atoms with E-state index in [-0.39, 0.29) is 5.54 Å². The molecule has 0 atom stereocenters. The van der Waals surface area contributed by atoms with Gasteiger partial charge in [0.15, 0.2) is 0 Å². The molecule has 0 saturated heterocycles. The van der Waals surface area contributed by atoms with Crippen molar-refractivity contribution in [2.45, 2.75) is 32.7 Å². The van der Waals surface area contributed by atoms with Crippen LogP contribution >= 0.6 is 0 Å². The molecule has 0 radical (unpaired) electrons. The molecule has 4 N–H and O–H groups in total. The summed E-state index contributed by atoms with van der Waals surface area (Å²) in [5.41, 5.74) is 3.31. The second-order valence-corrected chi connectivity index (χ2v) is 5.68. The van der Waals surface area contributed by atoms with Crippen molar-refractivity contribution in [3.63, 3.8) is 0 Å². The topological polar surface area (TPSA) is 84.1 Å². The molecular weight excluding hydrogens is 264 g/mol. The lowest BCUT2D eigenvalue weighted by molar-refractivity contribution is 0.311. The van der Waals surface area contributed by atoms with Gasteiger partial charge in [-0.25, -0.2) is 5.90 Å². The largest absolute Gasteiger partial charge is 0.320 e. The SMILES string of the molecule is CC(C)(C)NCCc1cccc(-c2cccnc2)n1.NO. The average Bonchev–Trinajstić information content (AvgIpc) is 2.49. The zero-order valence-corrected chi connectivity index (χ0v) is 12.9. The zero-order valence-electron chi connectivity index (χ0n) is 12.9. The minimum Gasteiger partial charge on any atom is -0.320 e. The van der Waals surface area contributed by atoms with E-state index in [4.69, 9.17) is 5.21 Å². The van der Waals surface area contributed by atoms with Gasteiger partial charge in [0.1, 0.15) is 0 Å². The van der Waals surface area contributed by atoms with Gasteiger partial charge < -0.3 is 10.5 Å². The Kier molecular flexibility index (Phi) is 6.94. The molecule has 114 valence electrons. The fraction of sp³-hybridized carbons (Fsp3) is 0.375. The number of aromatic nitrogens is 2. The average molecular weight is 288 g/mol. The van der Waals surface area contributed by atoms with Gasteiger partial charge in [-0.15, -0.1) is 0 Å². The lowest BCUT2D eigenvalue weighted by atomic mass is 10.1. The van der Waals surface area contributed by atoms with E-state index in [1.807, 2.05) is 24.4 Å². The third-order valence-corrected chi connectivity index (χ3v) is 2.80. The Balaban J connectivity index is 0.00000106. The molecule has 5 nitrogen and oxygen atoms in total. The zero-order chi connectivity index (χ0) is 15.7. The van der Waals surface area contributed by atoms with Crippen LogP contribution in [0.3, 0.4) is 0 Å². The monoisotopic (exact) mass is 288 g/mol. The van der Waals surface area contributed by atoms with Gasteiger partial charge in [-0.3, -0.25) is 9.97 Å². The molecule has 0 amide bonds. The van der Waals surface area contributed by atoms with Crippen molar-refractivity contribution in [3.8, 4) is 11.3 Å². The summed E-state index contributed by atoms with van der Waals surface area (Å²) in [7, 11) is 0. The molecule has 2 aromatic heterocycles. The van der Waals surface area contributed by atoms with Gasteiger partial charge in [-0.2, -0.15) is 0 Å². The van der Waals surface area contributed by atoms with Gasteiger partial charge in [-0.1, -0.05) is 6.07 Å². The van der Waals surface area contributed by atoms with Crippen molar-refractivity contribution >= 4 is 0 Å². The first-order valence-corrected chi connectivity index (χ1v) is 6.92. The van der Waals surface area contributed by atoms with Crippen molar-refractivity contribution in [1.29, 1.82) is 0 Å². The van der Waals surface area contributed by atoms with E-state index in [9.17, 15) is 0 Å². The van der Waals surface area contributed by atoms with Crippen molar-refractivity contribution in [3.05, 3.63) is 48.4 Å². The fourth-order valence-corrected chi connectivity index (χ4v) is 1.86. The molecule has 0 aromatic carbocycles. The van der Waals surface area contributed by atoms with E-state index < -0.39 is 0 Å². The first-order chi connectivity index (χ1) is 10.0. The number of rotatable bonds is 4. The van der Waals surface area contributed by atoms with Gasteiger partial charge in [-0.05, 0) is 45.0 Å². The molecule has 0 unspecified atom stereocenters. The van der Waals surface area contributed by atoms with Crippen LogP contribution in [0.5, 0.6) is 0 Å². The van der Waals surface area contributed by atoms with Crippen LogP contribution in [0.4, 0.5) is 0 Å². The molecule has 2 heterocycles. The van der Waals surface area contributed by atoms with Crippen LogP contribution in [0.25, 0.3) is 11.3 Å². The van der Waals surface area contributed by atoms with Gasteiger partial charge >= 0.3 is 0 Å². The smallest absolute Gasteiger partial charge is 0.0720 e. The van der Waals surface area contributed by atoms with E-state index in [1.165, 1.54) is 0 Å². The number of hydrogen-bond acceptors (Lipinski definition) is 5. The normalized spacial score (nSPS) is 10.7. The standard InChI is InChI=1S/C16H21N3.H3NO/c1-16(2,3)18-11-9-14-7-4-8-15(19-14)13-6-5-10-17-12-13;1-2/h4-8,10,12,18H,9,11H2,1-3H3;2H,1H2. The number of nitrogens with zero attached hydrogens (tertiary/aromatic N) is 2. The third kappa shape index (κ3) is 6.44. The van der Waals surface area contributed by atoms with Gasteiger partial charge in [0.25, 0.3) is 0 Å². The summed E-state index contributed by atoms with van der Waals surface area (Å²) in [6, 6.07) is 10.1. The Morgan fingerprint density at radius 2 is 1.90 bits per heavy atom. The van der Waals surface area contributed by atoms with E-state index >= 15 is 0 Å². The second kappa shape index (κ2) is 8.46. The fourth-order valence-electron chi connectivity index (χ4n) is 1.86. The Hall–Kier alpha value is -1.82. The molecular formula is C16H24N4O. The van der Waals surface area contributed by atoms with E-state index in [2.05, 4.69) is 54.1 Å². The molecule has 0 aliphatic carbocycles. The minimum absolute atomic E-state index is 0.154. The second-order valence-electron chi connectivity index (χ2n) is 5.68. The highest BCUT2D eigenvalue weighted by Crippen LogP contribution is 2.15. The van der Waals surface area contributed by atoms with Crippen molar-refractivity contribution < 1.29 is 5.21 Å². The van der Waals surface area contributed by atoms with Gasteiger partial charge in [0.2, 0.25) is 0 Å². The number of pyridine rings is 2. The molecule has 0 saturated carbocycles. The van der Waals surface area contributed by atoms with Crippen molar-refractivity contribution in [2.75, 3.05) is 6.54 Å². The summed E-state index contributed by atoms with van der Waals surface area (Å²) in [5.74, 6) is 3.50. The highest BCUT2D eigenvalue weighted by molar-refractivity contribution is 5.57. The lowest BCUT2D eigenvalue weighted by Gasteiger charge is -2.20.